The molecule has 4 heteroatoms. The number of aromatic nitrogens is 2. The van der Waals surface area contributed by atoms with Gasteiger partial charge in [-0.25, -0.2) is 4.98 Å². The van der Waals surface area contributed by atoms with Crippen LogP contribution < -0.4 is 10.2 Å². The monoisotopic (exact) mass is 284 g/mol. The van der Waals surface area contributed by atoms with Crippen molar-refractivity contribution in [3.05, 3.63) is 30.1 Å². The molecule has 4 nitrogen and oxygen atoms in total. The molecular formula is C17H24N4. The molecule has 2 aromatic heterocycles. The van der Waals surface area contributed by atoms with Gasteiger partial charge in [0.25, 0.3) is 0 Å². The zero-order valence-electron chi connectivity index (χ0n) is 12.9. The van der Waals surface area contributed by atoms with Crippen molar-refractivity contribution >= 4 is 11.5 Å². The van der Waals surface area contributed by atoms with Crippen LogP contribution in [0.4, 0.5) is 5.82 Å². The first-order valence-electron chi connectivity index (χ1n) is 8.18. The van der Waals surface area contributed by atoms with Crippen molar-refractivity contribution in [3.63, 3.8) is 0 Å². The van der Waals surface area contributed by atoms with Crippen LogP contribution in [-0.2, 0) is 6.54 Å². The Kier molecular flexibility index (Phi) is 3.14. The average Bonchev–Trinajstić information content (AvgIpc) is 3.14. The van der Waals surface area contributed by atoms with Gasteiger partial charge in [-0.1, -0.05) is 13.0 Å². The third-order valence-corrected chi connectivity index (χ3v) is 4.80. The lowest BCUT2D eigenvalue weighted by atomic mass is 10.1. The molecule has 2 fully saturated rings. The van der Waals surface area contributed by atoms with Crippen LogP contribution >= 0.6 is 0 Å². The highest BCUT2D eigenvalue weighted by Gasteiger charge is 2.31. The van der Waals surface area contributed by atoms with Gasteiger partial charge in [-0.15, -0.1) is 0 Å². The van der Waals surface area contributed by atoms with E-state index in [4.69, 9.17) is 4.98 Å². The number of hydrogen-bond donors (Lipinski definition) is 1. The van der Waals surface area contributed by atoms with Crippen molar-refractivity contribution in [2.75, 3.05) is 11.4 Å². The van der Waals surface area contributed by atoms with Gasteiger partial charge in [-0.05, 0) is 44.2 Å². The molecule has 112 valence electrons. The number of anilines is 1. The predicted octanol–water partition coefficient (Wildman–Crippen LogP) is 2.82. The molecule has 3 heterocycles. The van der Waals surface area contributed by atoms with E-state index in [0.29, 0.717) is 6.04 Å². The number of hydrogen-bond acceptors (Lipinski definition) is 3. The minimum absolute atomic E-state index is 0.588. The largest absolute Gasteiger partial charge is 0.352 e. The number of pyridine rings is 1. The summed E-state index contributed by atoms with van der Waals surface area (Å²) in [5.74, 6) is 1.94. The summed E-state index contributed by atoms with van der Waals surface area (Å²) in [5.41, 5.74) is 2.38. The van der Waals surface area contributed by atoms with Crippen LogP contribution in [0.2, 0.25) is 0 Å². The standard InChI is InChI=1S/C17H24N4/c1-12-9-13(2)21(11-12)17-15(10-18-14-6-7-14)20-8-4-3-5-16(20)19-17/h3-5,8,12-14,18H,6-7,9-11H2,1-2H3. The number of nitrogens with zero attached hydrogens (tertiary/aromatic N) is 3. The summed E-state index contributed by atoms with van der Waals surface area (Å²) in [6.45, 7) is 6.71. The van der Waals surface area contributed by atoms with Crippen molar-refractivity contribution in [3.8, 4) is 0 Å². The molecule has 1 aliphatic carbocycles. The molecule has 1 saturated carbocycles. The van der Waals surface area contributed by atoms with Gasteiger partial charge in [0, 0.05) is 31.4 Å². The molecule has 0 radical (unpaired) electrons. The van der Waals surface area contributed by atoms with Gasteiger partial charge in [-0.2, -0.15) is 0 Å². The van der Waals surface area contributed by atoms with Crippen LogP contribution in [0.25, 0.3) is 5.65 Å². The van der Waals surface area contributed by atoms with Gasteiger partial charge in [-0.3, -0.25) is 0 Å². The Balaban J connectivity index is 1.73. The van der Waals surface area contributed by atoms with Crippen molar-refractivity contribution in [1.82, 2.24) is 14.7 Å². The third-order valence-electron chi connectivity index (χ3n) is 4.80. The van der Waals surface area contributed by atoms with E-state index in [9.17, 15) is 0 Å². The quantitative estimate of drug-likeness (QED) is 0.937. The first-order chi connectivity index (χ1) is 10.2. The lowest BCUT2D eigenvalue weighted by molar-refractivity contribution is 0.624. The molecule has 2 atom stereocenters. The molecule has 2 aromatic rings. The molecule has 1 N–H and O–H groups in total. The van der Waals surface area contributed by atoms with Gasteiger partial charge < -0.3 is 14.6 Å². The van der Waals surface area contributed by atoms with Gasteiger partial charge >= 0.3 is 0 Å². The molecule has 0 amide bonds. The van der Waals surface area contributed by atoms with E-state index in [1.165, 1.54) is 30.8 Å². The van der Waals surface area contributed by atoms with Gasteiger partial charge in [0.15, 0.2) is 5.82 Å². The average molecular weight is 284 g/mol. The second-order valence-electron chi connectivity index (χ2n) is 6.81. The Morgan fingerprint density at radius 3 is 2.86 bits per heavy atom. The summed E-state index contributed by atoms with van der Waals surface area (Å²) in [5, 5.41) is 3.65. The molecule has 4 rings (SSSR count). The highest BCUT2D eigenvalue weighted by Crippen LogP contribution is 2.31. The van der Waals surface area contributed by atoms with Crippen molar-refractivity contribution in [2.45, 2.75) is 51.7 Å². The van der Waals surface area contributed by atoms with Crippen molar-refractivity contribution in [2.24, 2.45) is 5.92 Å². The molecule has 0 spiro atoms. The highest BCUT2D eigenvalue weighted by molar-refractivity contribution is 5.57. The molecule has 1 aliphatic heterocycles. The second-order valence-corrected chi connectivity index (χ2v) is 6.81. The summed E-state index contributed by atoms with van der Waals surface area (Å²) < 4.78 is 2.25. The Bertz CT molecular complexity index is 643. The van der Waals surface area contributed by atoms with Gasteiger partial charge in [0.2, 0.25) is 0 Å². The van der Waals surface area contributed by atoms with Gasteiger partial charge in [0.1, 0.15) is 5.65 Å². The Morgan fingerprint density at radius 1 is 1.29 bits per heavy atom. The fourth-order valence-corrected chi connectivity index (χ4v) is 3.55. The summed E-state index contributed by atoms with van der Waals surface area (Å²) in [6.07, 6.45) is 6.05. The molecule has 1 saturated heterocycles. The molecule has 0 aromatic carbocycles. The molecule has 2 unspecified atom stereocenters. The smallest absolute Gasteiger partial charge is 0.152 e. The van der Waals surface area contributed by atoms with E-state index in [0.717, 1.165) is 30.7 Å². The van der Waals surface area contributed by atoms with Crippen LogP contribution in [0.1, 0.15) is 38.8 Å². The Morgan fingerprint density at radius 2 is 2.14 bits per heavy atom. The van der Waals surface area contributed by atoms with Crippen LogP contribution in [-0.4, -0.2) is 28.0 Å². The normalized spacial score (nSPS) is 25.9. The number of nitrogens with one attached hydrogen (secondary N) is 1. The first-order valence-corrected chi connectivity index (χ1v) is 8.18. The number of rotatable bonds is 4. The fraction of sp³-hybridized carbons (Fsp3) is 0.588. The van der Waals surface area contributed by atoms with E-state index >= 15 is 0 Å². The second kappa shape index (κ2) is 5.02. The predicted molar refractivity (Wildman–Crippen MR) is 85.6 cm³/mol. The molecular weight excluding hydrogens is 260 g/mol. The molecule has 21 heavy (non-hydrogen) atoms. The lowest BCUT2D eigenvalue weighted by Gasteiger charge is -2.23. The molecule has 2 aliphatic rings. The van der Waals surface area contributed by atoms with E-state index in [-0.39, 0.29) is 0 Å². The van der Waals surface area contributed by atoms with E-state index in [1.54, 1.807) is 0 Å². The van der Waals surface area contributed by atoms with E-state index in [2.05, 4.69) is 52.9 Å². The summed E-state index contributed by atoms with van der Waals surface area (Å²) in [4.78, 5) is 7.43. The maximum Gasteiger partial charge on any atom is 0.152 e. The van der Waals surface area contributed by atoms with Crippen molar-refractivity contribution in [1.29, 1.82) is 0 Å². The lowest BCUT2D eigenvalue weighted by Crippen LogP contribution is -2.29. The van der Waals surface area contributed by atoms with Crippen LogP contribution in [0.15, 0.2) is 24.4 Å². The topological polar surface area (TPSA) is 32.6 Å². The minimum Gasteiger partial charge on any atom is -0.352 e. The Hall–Kier alpha value is -1.55. The number of imidazole rings is 1. The van der Waals surface area contributed by atoms with Crippen molar-refractivity contribution < 1.29 is 0 Å². The van der Waals surface area contributed by atoms with Crippen LogP contribution in [0, 0.1) is 5.92 Å². The summed E-state index contributed by atoms with van der Waals surface area (Å²) in [6, 6.07) is 7.58. The summed E-state index contributed by atoms with van der Waals surface area (Å²) in [7, 11) is 0. The fourth-order valence-electron chi connectivity index (χ4n) is 3.55. The maximum atomic E-state index is 4.93. The minimum atomic E-state index is 0.588. The third kappa shape index (κ3) is 2.42. The number of fused-ring (bicyclic) bond motifs is 1. The zero-order valence-corrected chi connectivity index (χ0v) is 12.9. The maximum absolute atomic E-state index is 4.93. The Labute approximate surface area is 126 Å². The molecule has 0 bridgehead atoms. The van der Waals surface area contributed by atoms with Gasteiger partial charge in [0.05, 0.1) is 5.69 Å². The summed E-state index contributed by atoms with van der Waals surface area (Å²) >= 11 is 0. The highest BCUT2D eigenvalue weighted by atomic mass is 15.3. The SMILES string of the molecule is CC1CC(C)N(c2nc3ccccn3c2CNC2CC2)C1. The van der Waals surface area contributed by atoms with E-state index < -0.39 is 0 Å². The zero-order chi connectivity index (χ0) is 14.4. The van der Waals surface area contributed by atoms with E-state index in [1.807, 2.05) is 0 Å². The van der Waals surface area contributed by atoms with Crippen LogP contribution in [0.5, 0.6) is 0 Å². The first kappa shape index (κ1) is 13.1. The van der Waals surface area contributed by atoms with Crippen LogP contribution in [0.3, 0.4) is 0 Å².